The lowest BCUT2D eigenvalue weighted by atomic mass is 10.3. The monoisotopic (exact) mass is 255 g/mol. The molecule has 14 heavy (non-hydrogen) atoms. The Morgan fingerprint density at radius 3 is 3.00 bits per heavy atom. The molecule has 2 rings (SSSR count). The van der Waals surface area contributed by atoms with Crippen molar-refractivity contribution in [1.82, 2.24) is 9.38 Å². The van der Waals surface area contributed by atoms with Crippen molar-refractivity contribution < 1.29 is 5.11 Å². The molecule has 0 aromatic carbocycles. The lowest BCUT2D eigenvalue weighted by Crippen LogP contribution is -1.99. The van der Waals surface area contributed by atoms with Gasteiger partial charge in [-0.15, -0.1) is 0 Å². The predicted molar refractivity (Wildman–Crippen MR) is 58.1 cm³/mol. The predicted octanol–water partition coefficient (Wildman–Crippen LogP) is 1.21. The first-order chi connectivity index (χ1) is 6.72. The van der Waals surface area contributed by atoms with Gasteiger partial charge in [0.15, 0.2) is 0 Å². The van der Waals surface area contributed by atoms with Crippen LogP contribution in [0.25, 0.3) is 5.52 Å². The highest BCUT2D eigenvalue weighted by Gasteiger charge is 2.07. The summed E-state index contributed by atoms with van der Waals surface area (Å²) in [6, 6.07) is 3.72. The van der Waals surface area contributed by atoms with Crippen molar-refractivity contribution in [3.8, 4) is 0 Å². The molecule has 0 bridgehead atoms. The molecule has 0 aliphatic carbocycles. The summed E-state index contributed by atoms with van der Waals surface area (Å²) >= 11 is 3.36. The first kappa shape index (κ1) is 9.48. The fourth-order valence-electron chi connectivity index (χ4n) is 1.40. The molecule has 0 saturated heterocycles. The van der Waals surface area contributed by atoms with Crippen LogP contribution < -0.4 is 5.73 Å². The number of rotatable bonds is 2. The van der Waals surface area contributed by atoms with Crippen molar-refractivity contribution in [3.05, 3.63) is 28.8 Å². The van der Waals surface area contributed by atoms with Gasteiger partial charge in [-0.2, -0.15) is 0 Å². The van der Waals surface area contributed by atoms with E-state index in [0.29, 0.717) is 12.1 Å². The number of nitrogen functional groups attached to an aromatic ring is 1. The average molecular weight is 256 g/mol. The smallest absolute Gasteiger partial charge is 0.132 e. The van der Waals surface area contributed by atoms with Gasteiger partial charge < -0.3 is 15.2 Å². The summed E-state index contributed by atoms with van der Waals surface area (Å²) in [5.74, 6) is 0.807. The van der Waals surface area contributed by atoms with Crippen LogP contribution in [0.4, 0.5) is 5.69 Å². The molecule has 2 aromatic heterocycles. The van der Waals surface area contributed by atoms with Gasteiger partial charge in [-0.25, -0.2) is 4.98 Å². The van der Waals surface area contributed by atoms with E-state index in [9.17, 15) is 0 Å². The highest BCUT2D eigenvalue weighted by molar-refractivity contribution is 9.10. The zero-order valence-corrected chi connectivity index (χ0v) is 9.03. The topological polar surface area (TPSA) is 63.5 Å². The Kier molecular flexibility index (Phi) is 2.43. The molecule has 0 saturated carbocycles. The third kappa shape index (κ3) is 1.49. The van der Waals surface area contributed by atoms with Crippen molar-refractivity contribution in [1.29, 1.82) is 0 Å². The molecule has 74 valence electrons. The Labute approximate surface area is 89.5 Å². The number of halogens is 1. The van der Waals surface area contributed by atoms with Crippen LogP contribution >= 0.6 is 15.9 Å². The van der Waals surface area contributed by atoms with Crippen molar-refractivity contribution in [3.63, 3.8) is 0 Å². The molecule has 5 heteroatoms. The number of anilines is 1. The van der Waals surface area contributed by atoms with Crippen LogP contribution in [0.15, 0.2) is 22.9 Å². The molecular weight excluding hydrogens is 246 g/mol. The molecule has 0 atom stereocenters. The summed E-state index contributed by atoms with van der Waals surface area (Å²) in [6.45, 7) is 0.0837. The first-order valence-corrected chi connectivity index (χ1v) is 5.04. The number of hydrogen-bond acceptors (Lipinski definition) is 3. The van der Waals surface area contributed by atoms with Crippen LogP contribution in [0, 0.1) is 0 Å². The van der Waals surface area contributed by atoms with E-state index in [2.05, 4.69) is 20.9 Å². The second kappa shape index (κ2) is 3.59. The fourth-order valence-corrected chi connectivity index (χ4v) is 1.93. The zero-order chi connectivity index (χ0) is 10.1. The SMILES string of the molecule is Nc1ccc2c(Br)nc(CCO)n2c1. The minimum Gasteiger partial charge on any atom is -0.398 e. The third-order valence-corrected chi connectivity index (χ3v) is 2.61. The number of nitrogens with zero attached hydrogens (tertiary/aromatic N) is 2. The number of hydrogen-bond donors (Lipinski definition) is 2. The van der Waals surface area contributed by atoms with Crippen LogP contribution in [0.1, 0.15) is 5.82 Å². The molecule has 0 radical (unpaired) electrons. The van der Waals surface area contributed by atoms with Gasteiger partial charge in [-0.05, 0) is 28.1 Å². The Balaban J connectivity index is 2.66. The van der Waals surface area contributed by atoms with Crippen molar-refractivity contribution in [2.45, 2.75) is 6.42 Å². The molecule has 4 nitrogen and oxygen atoms in total. The maximum atomic E-state index is 8.86. The van der Waals surface area contributed by atoms with E-state index in [1.807, 2.05) is 16.5 Å². The molecule has 0 fully saturated rings. The number of pyridine rings is 1. The highest BCUT2D eigenvalue weighted by atomic mass is 79.9. The van der Waals surface area contributed by atoms with E-state index in [-0.39, 0.29) is 6.61 Å². The largest absolute Gasteiger partial charge is 0.398 e. The highest BCUT2D eigenvalue weighted by Crippen LogP contribution is 2.20. The molecule has 0 aliphatic heterocycles. The van der Waals surface area contributed by atoms with Gasteiger partial charge in [0, 0.05) is 18.3 Å². The molecule has 0 unspecified atom stereocenters. The second-order valence-electron chi connectivity index (χ2n) is 3.01. The van der Waals surface area contributed by atoms with Gasteiger partial charge in [0.25, 0.3) is 0 Å². The van der Waals surface area contributed by atoms with Gasteiger partial charge in [0.2, 0.25) is 0 Å². The van der Waals surface area contributed by atoms with Gasteiger partial charge in [0.1, 0.15) is 10.4 Å². The fraction of sp³-hybridized carbons (Fsp3) is 0.222. The van der Waals surface area contributed by atoms with Gasteiger partial charge in [-0.1, -0.05) is 0 Å². The van der Waals surface area contributed by atoms with Crippen LogP contribution in [0.5, 0.6) is 0 Å². The molecule has 0 aliphatic rings. The first-order valence-electron chi connectivity index (χ1n) is 4.25. The molecule has 2 heterocycles. The number of imidazole rings is 1. The van der Waals surface area contributed by atoms with E-state index < -0.39 is 0 Å². The van der Waals surface area contributed by atoms with E-state index in [1.165, 1.54) is 0 Å². The summed E-state index contributed by atoms with van der Waals surface area (Å²) in [6.07, 6.45) is 2.33. The van der Waals surface area contributed by atoms with Crippen molar-refractivity contribution in [2.75, 3.05) is 12.3 Å². The molecular formula is C9H10BrN3O. The summed E-state index contributed by atoms with van der Waals surface area (Å²) in [5.41, 5.74) is 7.31. The molecule has 3 N–H and O–H groups in total. The normalized spacial score (nSPS) is 11.0. The Morgan fingerprint density at radius 1 is 1.50 bits per heavy atom. The molecule has 0 amide bonds. The lowest BCUT2D eigenvalue weighted by molar-refractivity contribution is 0.296. The number of aromatic nitrogens is 2. The second-order valence-corrected chi connectivity index (χ2v) is 3.76. The van der Waals surface area contributed by atoms with Gasteiger partial charge >= 0.3 is 0 Å². The number of fused-ring (bicyclic) bond motifs is 1. The average Bonchev–Trinajstić information content (AvgIpc) is 2.44. The van der Waals surface area contributed by atoms with E-state index >= 15 is 0 Å². The van der Waals surface area contributed by atoms with Crippen LogP contribution in [-0.4, -0.2) is 21.1 Å². The number of nitrogens with two attached hydrogens (primary N) is 1. The zero-order valence-electron chi connectivity index (χ0n) is 7.44. The number of aliphatic hydroxyl groups excluding tert-OH is 1. The van der Waals surface area contributed by atoms with Crippen molar-refractivity contribution >= 4 is 27.1 Å². The standard InChI is InChI=1S/C9H10BrN3O/c10-9-7-2-1-6(11)5-13(7)8(12-9)3-4-14/h1-2,5,14H,3-4,11H2. The minimum absolute atomic E-state index is 0.0837. The third-order valence-electron chi connectivity index (χ3n) is 2.02. The minimum atomic E-state index is 0.0837. The Bertz CT molecular complexity index is 466. The van der Waals surface area contributed by atoms with E-state index in [0.717, 1.165) is 15.9 Å². The lowest BCUT2D eigenvalue weighted by Gasteiger charge is -1.99. The Morgan fingerprint density at radius 2 is 2.29 bits per heavy atom. The van der Waals surface area contributed by atoms with Crippen LogP contribution in [0.3, 0.4) is 0 Å². The quantitative estimate of drug-likeness (QED) is 0.848. The summed E-state index contributed by atoms with van der Waals surface area (Å²) in [4.78, 5) is 4.28. The Hall–Kier alpha value is -1.07. The maximum Gasteiger partial charge on any atom is 0.132 e. The summed E-state index contributed by atoms with van der Waals surface area (Å²) in [5, 5.41) is 8.86. The summed E-state index contributed by atoms with van der Waals surface area (Å²) < 4.78 is 2.66. The van der Waals surface area contributed by atoms with Crippen LogP contribution in [0.2, 0.25) is 0 Å². The number of aliphatic hydroxyl groups is 1. The molecule has 2 aromatic rings. The van der Waals surface area contributed by atoms with Crippen molar-refractivity contribution in [2.24, 2.45) is 0 Å². The molecule has 0 spiro atoms. The summed E-state index contributed by atoms with van der Waals surface area (Å²) in [7, 11) is 0. The van der Waals surface area contributed by atoms with Gasteiger partial charge in [-0.3, -0.25) is 0 Å². The van der Waals surface area contributed by atoms with Gasteiger partial charge in [0.05, 0.1) is 12.1 Å². The maximum absolute atomic E-state index is 8.86. The van der Waals surface area contributed by atoms with Crippen LogP contribution in [-0.2, 0) is 6.42 Å². The van der Waals surface area contributed by atoms with E-state index in [1.54, 1.807) is 6.20 Å². The van der Waals surface area contributed by atoms with E-state index in [4.69, 9.17) is 10.8 Å².